The SMILES string of the molecule is C=c1cccc(Br)/c1=C/CC.CC[C@H](O)c1ccccc1. The maximum Gasteiger partial charge on any atom is 0.0787 e. The highest BCUT2D eigenvalue weighted by molar-refractivity contribution is 9.10. The van der Waals surface area contributed by atoms with Gasteiger partial charge in [-0.3, -0.25) is 0 Å². The second-order valence-electron chi connectivity index (χ2n) is 4.76. The molecule has 21 heavy (non-hydrogen) atoms. The molecule has 2 aromatic carbocycles. The van der Waals surface area contributed by atoms with E-state index in [1.807, 2.05) is 55.5 Å². The van der Waals surface area contributed by atoms with E-state index < -0.39 is 0 Å². The normalized spacial score (nSPS) is 12.5. The molecule has 0 aliphatic heterocycles. The van der Waals surface area contributed by atoms with Gasteiger partial charge in [0.05, 0.1) is 6.10 Å². The zero-order chi connectivity index (χ0) is 15.7. The highest BCUT2D eigenvalue weighted by atomic mass is 79.9. The Hall–Kier alpha value is -1.38. The maximum absolute atomic E-state index is 9.33. The van der Waals surface area contributed by atoms with Crippen LogP contribution in [0.25, 0.3) is 12.7 Å². The van der Waals surface area contributed by atoms with E-state index in [-0.39, 0.29) is 6.10 Å². The maximum atomic E-state index is 9.33. The summed E-state index contributed by atoms with van der Waals surface area (Å²) in [5, 5.41) is 11.6. The Morgan fingerprint density at radius 1 is 1.10 bits per heavy atom. The molecule has 0 saturated heterocycles. The van der Waals surface area contributed by atoms with Crippen LogP contribution in [0.5, 0.6) is 0 Å². The van der Waals surface area contributed by atoms with Crippen LogP contribution in [0.2, 0.25) is 0 Å². The van der Waals surface area contributed by atoms with Gasteiger partial charge in [-0.15, -0.1) is 0 Å². The molecule has 0 bridgehead atoms. The summed E-state index contributed by atoms with van der Waals surface area (Å²) >= 11 is 3.48. The summed E-state index contributed by atoms with van der Waals surface area (Å²) in [7, 11) is 0. The van der Waals surface area contributed by atoms with Crippen LogP contribution in [0.1, 0.15) is 38.4 Å². The summed E-state index contributed by atoms with van der Waals surface area (Å²) in [6, 6.07) is 15.8. The van der Waals surface area contributed by atoms with Crippen LogP contribution >= 0.6 is 15.9 Å². The second kappa shape index (κ2) is 9.54. The van der Waals surface area contributed by atoms with E-state index in [1.165, 1.54) is 5.22 Å². The topological polar surface area (TPSA) is 20.2 Å². The molecule has 2 heteroatoms. The molecule has 0 radical (unpaired) electrons. The molecule has 0 aliphatic carbocycles. The molecule has 112 valence electrons. The van der Waals surface area contributed by atoms with E-state index >= 15 is 0 Å². The first-order valence-corrected chi connectivity index (χ1v) is 8.06. The number of hydrogen-bond donors (Lipinski definition) is 1. The van der Waals surface area contributed by atoms with Gasteiger partial charge in [0.15, 0.2) is 0 Å². The molecule has 1 N–H and O–H groups in total. The summed E-state index contributed by atoms with van der Waals surface area (Å²) in [5.74, 6) is 0. The molecule has 0 fully saturated rings. The number of hydrogen-bond acceptors (Lipinski definition) is 1. The summed E-state index contributed by atoms with van der Waals surface area (Å²) < 4.78 is 1.13. The lowest BCUT2D eigenvalue weighted by Crippen LogP contribution is -2.23. The third kappa shape index (κ3) is 5.86. The average molecular weight is 347 g/mol. The highest BCUT2D eigenvalue weighted by Crippen LogP contribution is 2.14. The number of aliphatic hydroxyl groups is 1. The standard InChI is InChI=1S/C10H11Br.C9H12O/c1-3-5-9-8(2)6-4-7-10(9)11;1-2-9(10)8-6-4-3-5-7-8/h4-7H,2-3H2,1H3;3-7,9-10H,2H2,1H3/b9-5+;/t;9-/m.0/s1. The van der Waals surface area contributed by atoms with Crippen molar-refractivity contribution >= 4 is 28.6 Å². The zero-order valence-corrected chi connectivity index (χ0v) is 14.3. The van der Waals surface area contributed by atoms with Gasteiger partial charge in [0, 0.05) is 4.47 Å². The van der Waals surface area contributed by atoms with Crippen LogP contribution in [-0.2, 0) is 0 Å². The van der Waals surface area contributed by atoms with Gasteiger partial charge in [-0.2, -0.15) is 0 Å². The van der Waals surface area contributed by atoms with E-state index in [0.717, 1.165) is 28.1 Å². The van der Waals surface area contributed by atoms with Gasteiger partial charge in [-0.05, 0) is 34.9 Å². The number of rotatable bonds is 3. The minimum absolute atomic E-state index is 0.291. The van der Waals surface area contributed by atoms with Crippen LogP contribution in [0, 0.1) is 0 Å². The molecule has 0 amide bonds. The summed E-state index contributed by atoms with van der Waals surface area (Å²) in [6.45, 7) is 8.03. The lowest BCUT2D eigenvalue weighted by atomic mass is 10.1. The number of aliphatic hydroxyl groups excluding tert-OH is 1. The Kier molecular flexibility index (Phi) is 8.03. The smallest absolute Gasteiger partial charge is 0.0787 e. The molecule has 0 aromatic heterocycles. The number of halogens is 1. The zero-order valence-electron chi connectivity index (χ0n) is 12.7. The van der Waals surface area contributed by atoms with Crippen molar-refractivity contribution in [1.82, 2.24) is 0 Å². The fourth-order valence-corrected chi connectivity index (χ4v) is 2.49. The van der Waals surface area contributed by atoms with Crippen molar-refractivity contribution in [3.8, 4) is 0 Å². The first-order chi connectivity index (χ1) is 10.1. The van der Waals surface area contributed by atoms with Crippen LogP contribution in [-0.4, -0.2) is 5.11 Å². The van der Waals surface area contributed by atoms with Crippen molar-refractivity contribution in [3.05, 3.63) is 69.0 Å². The molecule has 0 aliphatic rings. The van der Waals surface area contributed by atoms with E-state index in [9.17, 15) is 5.11 Å². The third-order valence-electron chi connectivity index (χ3n) is 3.12. The van der Waals surface area contributed by atoms with E-state index in [1.54, 1.807) is 0 Å². The largest absolute Gasteiger partial charge is 0.388 e. The molecule has 2 aromatic rings. The molecule has 0 saturated carbocycles. The average Bonchev–Trinajstić information content (AvgIpc) is 2.52. The van der Waals surface area contributed by atoms with Gasteiger partial charge in [0.25, 0.3) is 0 Å². The van der Waals surface area contributed by atoms with Crippen molar-refractivity contribution in [1.29, 1.82) is 0 Å². The summed E-state index contributed by atoms with van der Waals surface area (Å²) in [4.78, 5) is 0. The Balaban J connectivity index is 0.000000211. The van der Waals surface area contributed by atoms with Gasteiger partial charge in [-0.1, -0.05) is 84.9 Å². The molecule has 1 atom stereocenters. The molecular formula is C19H23BrO. The van der Waals surface area contributed by atoms with E-state index in [2.05, 4.69) is 35.5 Å². The predicted molar refractivity (Wildman–Crippen MR) is 95.4 cm³/mol. The Morgan fingerprint density at radius 3 is 2.29 bits per heavy atom. The third-order valence-corrected chi connectivity index (χ3v) is 3.81. The molecule has 0 unspecified atom stereocenters. The van der Waals surface area contributed by atoms with E-state index in [0.29, 0.717) is 0 Å². The Bertz CT molecular complexity index is 634. The molecular weight excluding hydrogens is 324 g/mol. The predicted octanol–water partition coefficient (Wildman–Crippen LogP) is 4.18. The fraction of sp³-hybridized carbons (Fsp3) is 0.263. The van der Waals surface area contributed by atoms with Gasteiger partial charge in [0.1, 0.15) is 0 Å². The number of benzene rings is 2. The Labute approximate surface area is 135 Å². The van der Waals surface area contributed by atoms with Crippen LogP contribution in [0.15, 0.2) is 53.0 Å². The molecule has 2 rings (SSSR count). The summed E-state index contributed by atoms with van der Waals surface area (Å²) in [6.07, 6.45) is 3.71. The first kappa shape index (κ1) is 17.7. The summed E-state index contributed by atoms with van der Waals surface area (Å²) in [5.41, 5.74) is 1.00. The molecule has 0 spiro atoms. The lowest BCUT2D eigenvalue weighted by Gasteiger charge is -2.05. The fourth-order valence-electron chi connectivity index (χ4n) is 1.93. The van der Waals surface area contributed by atoms with Crippen molar-refractivity contribution in [3.63, 3.8) is 0 Å². The van der Waals surface area contributed by atoms with Gasteiger partial charge in [0.2, 0.25) is 0 Å². The minimum Gasteiger partial charge on any atom is -0.388 e. The quantitative estimate of drug-likeness (QED) is 0.883. The minimum atomic E-state index is -0.291. The van der Waals surface area contributed by atoms with Crippen molar-refractivity contribution in [2.75, 3.05) is 0 Å². The Morgan fingerprint density at radius 2 is 1.76 bits per heavy atom. The molecule has 0 heterocycles. The second-order valence-corrected chi connectivity index (χ2v) is 5.61. The highest BCUT2D eigenvalue weighted by Gasteiger charge is 2.00. The van der Waals surface area contributed by atoms with Gasteiger partial charge in [-0.25, -0.2) is 0 Å². The van der Waals surface area contributed by atoms with Crippen molar-refractivity contribution in [2.24, 2.45) is 0 Å². The van der Waals surface area contributed by atoms with Crippen molar-refractivity contribution < 1.29 is 5.11 Å². The van der Waals surface area contributed by atoms with Crippen LogP contribution < -0.4 is 10.4 Å². The molecule has 1 nitrogen and oxygen atoms in total. The van der Waals surface area contributed by atoms with Crippen LogP contribution in [0.3, 0.4) is 0 Å². The lowest BCUT2D eigenvalue weighted by molar-refractivity contribution is 0.173. The van der Waals surface area contributed by atoms with Gasteiger partial charge >= 0.3 is 0 Å². The van der Waals surface area contributed by atoms with Crippen LogP contribution in [0.4, 0.5) is 0 Å². The van der Waals surface area contributed by atoms with Gasteiger partial charge < -0.3 is 5.11 Å². The van der Waals surface area contributed by atoms with E-state index in [4.69, 9.17) is 0 Å². The van der Waals surface area contributed by atoms with Crippen molar-refractivity contribution in [2.45, 2.75) is 32.8 Å². The first-order valence-electron chi connectivity index (χ1n) is 7.26. The monoisotopic (exact) mass is 346 g/mol.